The summed E-state index contributed by atoms with van der Waals surface area (Å²) in [6.07, 6.45) is 7.65. The predicted octanol–water partition coefficient (Wildman–Crippen LogP) is 2.05. The Kier molecular flexibility index (Phi) is 5.69. The summed E-state index contributed by atoms with van der Waals surface area (Å²) < 4.78 is 7.45. The zero-order valence-corrected chi connectivity index (χ0v) is 18.5. The summed E-state index contributed by atoms with van der Waals surface area (Å²) in [5.41, 5.74) is 2.34. The number of carbonyl (C=O) groups is 1. The molecule has 2 aliphatic rings. The molecule has 0 spiro atoms. The number of fused-ring (bicyclic) bond motifs is 1. The number of ether oxygens (including phenoxy) is 1. The largest absolute Gasteiger partial charge is 0.381 e. The molecule has 2 aliphatic heterocycles. The summed E-state index contributed by atoms with van der Waals surface area (Å²) in [5.74, 6) is 2.53. The van der Waals surface area contributed by atoms with Crippen LogP contribution in [0, 0.1) is 12.8 Å². The third-order valence-electron chi connectivity index (χ3n) is 6.30. The van der Waals surface area contributed by atoms with Crippen molar-refractivity contribution in [1.29, 1.82) is 0 Å². The lowest BCUT2D eigenvalue weighted by Gasteiger charge is -2.26. The molecule has 1 atom stereocenters. The molecule has 0 bridgehead atoms. The first-order valence-electron chi connectivity index (χ1n) is 11.3. The second kappa shape index (κ2) is 8.78. The zero-order chi connectivity index (χ0) is 22.1. The maximum atomic E-state index is 12.9. The molecule has 1 unspecified atom stereocenters. The highest BCUT2D eigenvalue weighted by Crippen LogP contribution is 2.28. The Morgan fingerprint density at radius 1 is 1.16 bits per heavy atom. The average molecular weight is 437 g/mol. The molecule has 1 N–H and O–H groups in total. The number of rotatable bonds is 5. The third-order valence-corrected chi connectivity index (χ3v) is 6.30. The SMILES string of the molecule is CCn1c(-c2cnc(C)nc2)nc2c(NC3CCN(C(=O)C4CCOCC4)C3)ncnc21. The zero-order valence-electron chi connectivity index (χ0n) is 18.5. The highest BCUT2D eigenvalue weighted by atomic mass is 16.5. The van der Waals surface area contributed by atoms with Crippen LogP contribution in [0.15, 0.2) is 18.7 Å². The number of amides is 1. The fourth-order valence-corrected chi connectivity index (χ4v) is 4.54. The Morgan fingerprint density at radius 2 is 1.94 bits per heavy atom. The summed E-state index contributed by atoms with van der Waals surface area (Å²) in [4.78, 5) is 37.3. The Morgan fingerprint density at radius 3 is 2.69 bits per heavy atom. The molecule has 10 nitrogen and oxygen atoms in total. The normalized spacial score (nSPS) is 19.6. The summed E-state index contributed by atoms with van der Waals surface area (Å²) in [5, 5.41) is 3.52. The number of carbonyl (C=O) groups excluding carboxylic acids is 1. The number of aryl methyl sites for hydroxylation is 2. The van der Waals surface area contributed by atoms with Crippen molar-refractivity contribution in [2.24, 2.45) is 5.92 Å². The molecule has 5 heterocycles. The van der Waals surface area contributed by atoms with E-state index >= 15 is 0 Å². The molecule has 168 valence electrons. The van der Waals surface area contributed by atoms with Crippen LogP contribution in [0.5, 0.6) is 0 Å². The van der Waals surface area contributed by atoms with Crippen LogP contribution in [0.2, 0.25) is 0 Å². The number of anilines is 1. The van der Waals surface area contributed by atoms with Crippen molar-refractivity contribution in [2.45, 2.75) is 45.7 Å². The summed E-state index contributed by atoms with van der Waals surface area (Å²) in [6, 6.07) is 0.134. The number of likely N-dealkylation sites (tertiary alicyclic amines) is 1. The van der Waals surface area contributed by atoms with Gasteiger partial charge >= 0.3 is 0 Å². The van der Waals surface area contributed by atoms with E-state index in [1.54, 1.807) is 18.7 Å². The van der Waals surface area contributed by atoms with Crippen LogP contribution in [-0.4, -0.2) is 72.6 Å². The van der Waals surface area contributed by atoms with E-state index in [-0.39, 0.29) is 17.9 Å². The standard InChI is InChI=1S/C22H28N8O2/c1-3-30-20(16-10-23-14(2)24-11-16)28-18-19(25-13-26-21(18)30)27-17-4-7-29(12-17)22(31)15-5-8-32-9-6-15/h10-11,13,15,17H,3-9,12H2,1-2H3,(H,25,26,27). The van der Waals surface area contributed by atoms with E-state index in [2.05, 4.69) is 32.2 Å². The Bertz CT molecular complexity index is 1110. The van der Waals surface area contributed by atoms with Gasteiger partial charge in [-0.05, 0) is 33.1 Å². The smallest absolute Gasteiger partial charge is 0.225 e. The van der Waals surface area contributed by atoms with Crippen LogP contribution in [0.4, 0.5) is 5.82 Å². The molecule has 32 heavy (non-hydrogen) atoms. The first-order valence-corrected chi connectivity index (χ1v) is 11.3. The van der Waals surface area contributed by atoms with E-state index in [9.17, 15) is 4.79 Å². The van der Waals surface area contributed by atoms with Gasteiger partial charge < -0.3 is 19.5 Å². The molecule has 5 rings (SSSR count). The van der Waals surface area contributed by atoms with Crippen LogP contribution >= 0.6 is 0 Å². The number of hydrogen-bond donors (Lipinski definition) is 1. The molecule has 1 amide bonds. The number of hydrogen-bond acceptors (Lipinski definition) is 8. The first kappa shape index (κ1) is 20.7. The van der Waals surface area contributed by atoms with Gasteiger partial charge in [0, 0.05) is 57.2 Å². The van der Waals surface area contributed by atoms with Gasteiger partial charge in [-0.1, -0.05) is 0 Å². The lowest BCUT2D eigenvalue weighted by Crippen LogP contribution is -2.38. The summed E-state index contributed by atoms with van der Waals surface area (Å²) >= 11 is 0. The van der Waals surface area contributed by atoms with Gasteiger partial charge in [0.15, 0.2) is 17.0 Å². The van der Waals surface area contributed by atoms with Crippen molar-refractivity contribution in [1.82, 2.24) is 34.4 Å². The molecule has 3 aromatic heterocycles. The highest BCUT2D eigenvalue weighted by Gasteiger charge is 2.32. The molecule has 3 aromatic rings. The van der Waals surface area contributed by atoms with Crippen molar-refractivity contribution in [3.05, 3.63) is 24.5 Å². The Labute approximate surface area is 186 Å². The molecule has 0 aromatic carbocycles. The number of nitrogens with one attached hydrogen (secondary N) is 1. The minimum Gasteiger partial charge on any atom is -0.381 e. The highest BCUT2D eigenvalue weighted by molar-refractivity contribution is 5.86. The van der Waals surface area contributed by atoms with Crippen LogP contribution in [-0.2, 0) is 16.1 Å². The quantitative estimate of drug-likeness (QED) is 0.647. The maximum Gasteiger partial charge on any atom is 0.225 e. The van der Waals surface area contributed by atoms with Crippen LogP contribution in [0.1, 0.15) is 32.0 Å². The van der Waals surface area contributed by atoms with Gasteiger partial charge in [-0.2, -0.15) is 0 Å². The monoisotopic (exact) mass is 436 g/mol. The second-order valence-electron chi connectivity index (χ2n) is 8.39. The van der Waals surface area contributed by atoms with Gasteiger partial charge in [-0.15, -0.1) is 0 Å². The fraction of sp³-hybridized carbons (Fsp3) is 0.545. The Hall–Kier alpha value is -3.14. The average Bonchev–Trinajstić information content (AvgIpc) is 3.45. The summed E-state index contributed by atoms with van der Waals surface area (Å²) in [6.45, 7) is 7.43. The van der Waals surface area contributed by atoms with E-state index < -0.39 is 0 Å². The molecule has 2 fully saturated rings. The molecule has 0 radical (unpaired) electrons. The van der Waals surface area contributed by atoms with E-state index in [0.717, 1.165) is 54.2 Å². The van der Waals surface area contributed by atoms with E-state index in [0.29, 0.717) is 32.1 Å². The van der Waals surface area contributed by atoms with Crippen LogP contribution < -0.4 is 5.32 Å². The van der Waals surface area contributed by atoms with E-state index in [1.165, 1.54) is 0 Å². The molecule has 10 heteroatoms. The predicted molar refractivity (Wildman–Crippen MR) is 119 cm³/mol. The fourth-order valence-electron chi connectivity index (χ4n) is 4.54. The van der Waals surface area contributed by atoms with Gasteiger partial charge in [-0.3, -0.25) is 4.79 Å². The van der Waals surface area contributed by atoms with Crippen LogP contribution in [0.25, 0.3) is 22.6 Å². The molecular formula is C22H28N8O2. The number of nitrogens with zero attached hydrogens (tertiary/aromatic N) is 7. The Balaban J connectivity index is 1.37. The molecule has 0 saturated carbocycles. The molecule has 0 aliphatic carbocycles. The minimum atomic E-state index is 0.0906. The van der Waals surface area contributed by atoms with Gasteiger partial charge in [0.05, 0.1) is 5.56 Å². The number of imidazole rings is 1. The van der Waals surface area contributed by atoms with Crippen molar-refractivity contribution in [2.75, 3.05) is 31.6 Å². The molecule has 2 saturated heterocycles. The van der Waals surface area contributed by atoms with E-state index in [4.69, 9.17) is 9.72 Å². The summed E-state index contributed by atoms with van der Waals surface area (Å²) in [7, 11) is 0. The van der Waals surface area contributed by atoms with Crippen molar-refractivity contribution in [3.63, 3.8) is 0 Å². The minimum absolute atomic E-state index is 0.0906. The van der Waals surface area contributed by atoms with Gasteiger partial charge in [0.25, 0.3) is 0 Å². The van der Waals surface area contributed by atoms with Gasteiger partial charge in [0.1, 0.15) is 18.0 Å². The van der Waals surface area contributed by atoms with Gasteiger partial charge in [-0.25, -0.2) is 24.9 Å². The second-order valence-corrected chi connectivity index (χ2v) is 8.39. The first-order chi connectivity index (χ1) is 15.6. The van der Waals surface area contributed by atoms with E-state index in [1.807, 2.05) is 16.4 Å². The lowest BCUT2D eigenvalue weighted by atomic mass is 9.99. The maximum absolute atomic E-state index is 12.9. The van der Waals surface area contributed by atoms with Crippen molar-refractivity contribution in [3.8, 4) is 11.4 Å². The van der Waals surface area contributed by atoms with Gasteiger partial charge in [0.2, 0.25) is 5.91 Å². The topological polar surface area (TPSA) is 111 Å². The van der Waals surface area contributed by atoms with Crippen LogP contribution in [0.3, 0.4) is 0 Å². The molecular weight excluding hydrogens is 408 g/mol. The lowest BCUT2D eigenvalue weighted by molar-refractivity contribution is -0.137. The third kappa shape index (κ3) is 3.90. The number of aromatic nitrogens is 6. The van der Waals surface area contributed by atoms with Crippen molar-refractivity contribution < 1.29 is 9.53 Å². The van der Waals surface area contributed by atoms with Crippen molar-refractivity contribution >= 4 is 22.9 Å².